The van der Waals surface area contributed by atoms with Gasteiger partial charge in [-0.2, -0.15) is 0 Å². The van der Waals surface area contributed by atoms with Gasteiger partial charge in [-0.3, -0.25) is 0 Å². The molecule has 0 radical (unpaired) electrons. The monoisotopic (exact) mass is 315 g/mol. The predicted octanol–water partition coefficient (Wildman–Crippen LogP) is 3.34. The molecule has 0 spiro atoms. The maximum Gasteiger partial charge on any atom is 0.147 e. The Kier molecular flexibility index (Phi) is 3.96. The molecule has 0 saturated carbocycles. The van der Waals surface area contributed by atoms with Crippen molar-refractivity contribution in [3.63, 3.8) is 0 Å². The number of aryl methyl sites for hydroxylation is 1. The van der Waals surface area contributed by atoms with E-state index in [1.807, 2.05) is 17.7 Å². The van der Waals surface area contributed by atoms with Crippen molar-refractivity contribution >= 4 is 21.6 Å². The van der Waals surface area contributed by atoms with Crippen molar-refractivity contribution in [3.05, 3.63) is 46.5 Å². The van der Waals surface area contributed by atoms with Gasteiger partial charge in [0.05, 0.1) is 10.2 Å². The number of hydrogen-bond donors (Lipinski definition) is 1. The Morgan fingerprint density at radius 3 is 2.78 bits per heavy atom. The number of halogens is 3. The molecule has 0 fully saturated rings. The molecule has 6 heteroatoms. The smallest absolute Gasteiger partial charge is 0.147 e. The molecule has 1 aromatic heterocycles. The van der Waals surface area contributed by atoms with Crippen LogP contribution in [0.2, 0.25) is 0 Å². The third-order valence-electron chi connectivity index (χ3n) is 2.60. The Hall–Kier alpha value is -1.43. The molecule has 0 saturated heterocycles. The Balaban J connectivity index is 1.99. The van der Waals surface area contributed by atoms with E-state index in [9.17, 15) is 8.78 Å². The lowest BCUT2D eigenvalue weighted by atomic mass is 10.3. The molecular formula is C12H12BrF2N3. The second-order valence-corrected chi connectivity index (χ2v) is 4.70. The Labute approximate surface area is 112 Å². The van der Waals surface area contributed by atoms with Crippen LogP contribution in [0.25, 0.3) is 0 Å². The minimum absolute atomic E-state index is 0.121. The molecule has 0 atom stereocenters. The van der Waals surface area contributed by atoms with E-state index < -0.39 is 11.6 Å². The van der Waals surface area contributed by atoms with Crippen LogP contribution in [0.5, 0.6) is 0 Å². The molecule has 2 rings (SSSR count). The summed E-state index contributed by atoms with van der Waals surface area (Å²) in [6.45, 7) is 3.03. The average Bonchev–Trinajstić information content (AvgIpc) is 2.72. The summed E-state index contributed by atoms with van der Waals surface area (Å²) in [6.07, 6.45) is 3.55. The van der Waals surface area contributed by atoms with Crippen molar-refractivity contribution in [2.75, 3.05) is 11.9 Å². The van der Waals surface area contributed by atoms with Crippen LogP contribution in [-0.2, 0) is 6.54 Å². The summed E-state index contributed by atoms with van der Waals surface area (Å²) < 4.78 is 28.8. The van der Waals surface area contributed by atoms with E-state index in [1.54, 1.807) is 6.20 Å². The SMILES string of the molecule is Cc1nccn1CCNc1cc(F)c(Br)cc1F. The maximum atomic E-state index is 13.5. The summed E-state index contributed by atoms with van der Waals surface area (Å²) >= 11 is 2.93. The van der Waals surface area contributed by atoms with Gasteiger partial charge in [0.2, 0.25) is 0 Å². The fourth-order valence-corrected chi connectivity index (χ4v) is 1.92. The van der Waals surface area contributed by atoms with Crippen LogP contribution >= 0.6 is 15.9 Å². The highest BCUT2D eigenvalue weighted by Crippen LogP contribution is 2.23. The summed E-state index contributed by atoms with van der Waals surface area (Å²) in [5, 5.41) is 2.86. The highest BCUT2D eigenvalue weighted by Gasteiger charge is 2.07. The molecule has 0 unspecified atom stereocenters. The second-order valence-electron chi connectivity index (χ2n) is 3.84. The van der Waals surface area contributed by atoms with Crippen LogP contribution in [-0.4, -0.2) is 16.1 Å². The second kappa shape index (κ2) is 5.48. The highest BCUT2D eigenvalue weighted by molar-refractivity contribution is 9.10. The quantitative estimate of drug-likeness (QED) is 0.877. The maximum absolute atomic E-state index is 13.5. The van der Waals surface area contributed by atoms with Crippen molar-refractivity contribution in [1.29, 1.82) is 0 Å². The minimum Gasteiger partial charge on any atom is -0.381 e. The number of nitrogens with one attached hydrogen (secondary N) is 1. The Morgan fingerprint density at radius 1 is 1.33 bits per heavy atom. The van der Waals surface area contributed by atoms with Crippen molar-refractivity contribution in [1.82, 2.24) is 9.55 Å². The Morgan fingerprint density at radius 2 is 2.11 bits per heavy atom. The van der Waals surface area contributed by atoms with Crippen LogP contribution in [0.15, 0.2) is 29.0 Å². The molecule has 18 heavy (non-hydrogen) atoms. The number of imidazole rings is 1. The van der Waals surface area contributed by atoms with Gasteiger partial charge in [-0.15, -0.1) is 0 Å². The number of nitrogens with zero attached hydrogens (tertiary/aromatic N) is 2. The van der Waals surface area contributed by atoms with Gasteiger partial charge in [0.25, 0.3) is 0 Å². The predicted molar refractivity (Wildman–Crippen MR) is 69.5 cm³/mol. The molecule has 0 aliphatic carbocycles. The van der Waals surface area contributed by atoms with E-state index in [0.29, 0.717) is 13.1 Å². The van der Waals surface area contributed by atoms with Gasteiger partial charge in [-0.05, 0) is 28.9 Å². The van der Waals surface area contributed by atoms with E-state index in [4.69, 9.17) is 0 Å². The zero-order chi connectivity index (χ0) is 13.1. The lowest BCUT2D eigenvalue weighted by molar-refractivity contribution is 0.595. The van der Waals surface area contributed by atoms with Crippen molar-refractivity contribution in [2.45, 2.75) is 13.5 Å². The standard InChI is InChI=1S/C12H12BrF2N3/c1-8-16-2-4-18(8)5-3-17-12-7-10(14)9(13)6-11(12)15/h2,4,6-7,17H,3,5H2,1H3. The summed E-state index contributed by atoms with van der Waals surface area (Å²) in [4.78, 5) is 4.08. The minimum atomic E-state index is -0.488. The fraction of sp³-hybridized carbons (Fsp3) is 0.250. The van der Waals surface area contributed by atoms with Gasteiger partial charge in [0, 0.05) is 31.5 Å². The number of aromatic nitrogens is 2. The third-order valence-corrected chi connectivity index (χ3v) is 3.21. The van der Waals surface area contributed by atoms with Crippen LogP contribution in [0.1, 0.15) is 5.82 Å². The molecule has 1 aromatic carbocycles. The molecule has 2 aromatic rings. The number of benzene rings is 1. The normalized spacial score (nSPS) is 10.7. The van der Waals surface area contributed by atoms with Gasteiger partial charge < -0.3 is 9.88 Å². The zero-order valence-corrected chi connectivity index (χ0v) is 11.3. The summed E-state index contributed by atoms with van der Waals surface area (Å²) in [5.41, 5.74) is 0.161. The van der Waals surface area contributed by atoms with E-state index >= 15 is 0 Å². The van der Waals surface area contributed by atoms with E-state index in [2.05, 4.69) is 26.2 Å². The molecule has 1 heterocycles. The van der Waals surface area contributed by atoms with Crippen LogP contribution in [0.3, 0.4) is 0 Å². The summed E-state index contributed by atoms with van der Waals surface area (Å²) in [6, 6.07) is 2.25. The fourth-order valence-electron chi connectivity index (χ4n) is 1.61. The first-order valence-corrected chi connectivity index (χ1v) is 6.23. The summed E-state index contributed by atoms with van der Waals surface area (Å²) in [7, 11) is 0. The molecular weight excluding hydrogens is 304 g/mol. The van der Waals surface area contributed by atoms with Crippen molar-refractivity contribution in [2.24, 2.45) is 0 Å². The molecule has 3 nitrogen and oxygen atoms in total. The third kappa shape index (κ3) is 2.87. The molecule has 0 aliphatic heterocycles. The van der Waals surface area contributed by atoms with E-state index in [-0.39, 0.29) is 10.2 Å². The first-order chi connectivity index (χ1) is 8.58. The summed E-state index contributed by atoms with van der Waals surface area (Å²) in [5.74, 6) is -0.0809. The van der Waals surface area contributed by atoms with Gasteiger partial charge in [0.15, 0.2) is 0 Å². The van der Waals surface area contributed by atoms with Crippen molar-refractivity contribution in [3.8, 4) is 0 Å². The van der Waals surface area contributed by atoms with Crippen LogP contribution in [0.4, 0.5) is 14.5 Å². The Bertz CT molecular complexity index is 554. The first-order valence-electron chi connectivity index (χ1n) is 5.44. The van der Waals surface area contributed by atoms with Gasteiger partial charge >= 0.3 is 0 Å². The van der Waals surface area contributed by atoms with Gasteiger partial charge in [-0.25, -0.2) is 13.8 Å². The average molecular weight is 316 g/mol. The topological polar surface area (TPSA) is 29.9 Å². The largest absolute Gasteiger partial charge is 0.381 e. The first kappa shape index (κ1) is 13.0. The van der Waals surface area contributed by atoms with Crippen molar-refractivity contribution < 1.29 is 8.78 Å². The van der Waals surface area contributed by atoms with E-state index in [0.717, 1.165) is 18.0 Å². The lowest BCUT2D eigenvalue weighted by Gasteiger charge is -2.10. The van der Waals surface area contributed by atoms with Crippen LogP contribution in [0, 0.1) is 18.6 Å². The molecule has 96 valence electrons. The lowest BCUT2D eigenvalue weighted by Crippen LogP contribution is -2.12. The highest BCUT2D eigenvalue weighted by atomic mass is 79.9. The molecule has 1 N–H and O–H groups in total. The molecule has 0 aliphatic rings. The number of rotatable bonds is 4. The molecule has 0 amide bonds. The molecule has 0 bridgehead atoms. The van der Waals surface area contributed by atoms with Gasteiger partial charge in [0.1, 0.15) is 17.5 Å². The van der Waals surface area contributed by atoms with Crippen LogP contribution < -0.4 is 5.32 Å². The van der Waals surface area contributed by atoms with E-state index in [1.165, 1.54) is 0 Å². The number of hydrogen-bond acceptors (Lipinski definition) is 2. The zero-order valence-electron chi connectivity index (χ0n) is 9.75. The number of anilines is 1. The van der Waals surface area contributed by atoms with Gasteiger partial charge in [-0.1, -0.05) is 0 Å².